The number of unbranched alkanes of at least 4 members (excludes halogenated alkanes) is 5. The van der Waals surface area contributed by atoms with Crippen LogP contribution in [-0.4, -0.2) is 19.2 Å². The molecule has 3 aromatic rings. The van der Waals surface area contributed by atoms with Gasteiger partial charge in [-0.15, -0.1) is 0 Å². The molecule has 0 saturated heterocycles. The van der Waals surface area contributed by atoms with Crippen LogP contribution in [0.25, 0.3) is 11.1 Å². The van der Waals surface area contributed by atoms with E-state index in [-0.39, 0.29) is 5.97 Å². The molecule has 0 atom stereocenters. The third-order valence-electron chi connectivity index (χ3n) is 5.95. The van der Waals surface area contributed by atoms with Crippen molar-refractivity contribution in [3.63, 3.8) is 0 Å². The van der Waals surface area contributed by atoms with Crippen molar-refractivity contribution in [1.29, 1.82) is 0 Å². The molecule has 36 heavy (non-hydrogen) atoms. The zero-order valence-electron chi connectivity index (χ0n) is 22.0. The van der Waals surface area contributed by atoms with Gasteiger partial charge in [0.1, 0.15) is 18.1 Å². The van der Waals surface area contributed by atoms with Crippen molar-refractivity contribution < 1.29 is 19.0 Å². The molecular weight excluding hydrogens is 448 g/mol. The van der Waals surface area contributed by atoms with E-state index in [1.807, 2.05) is 50.2 Å². The molecule has 3 aromatic carbocycles. The van der Waals surface area contributed by atoms with E-state index >= 15 is 0 Å². The van der Waals surface area contributed by atoms with Gasteiger partial charge in [0.05, 0.1) is 18.8 Å². The highest BCUT2D eigenvalue weighted by Crippen LogP contribution is 2.25. The second-order valence-electron chi connectivity index (χ2n) is 9.64. The maximum Gasteiger partial charge on any atom is 0.338 e. The van der Waals surface area contributed by atoms with Crippen LogP contribution in [0, 0.1) is 5.92 Å². The summed E-state index contributed by atoms with van der Waals surface area (Å²) in [4.78, 5) is 12.0. The van der Waals surface area contributed by atoms with E-state index in [1.54, 1.807) is 12.1 Å². The third-order valence-corrected chi connectivity index (χ3v) is 5.95. The number of carbonyl (C=O) groups excluding carboxylic acids is 1. The Kier molecular flexibility index (Phi) is 11.4. The number of hydrogen-bond donors (Lipinski definition) is 0. The number of hydrogen-bond acceptors (Lipinski definition) is 4. The summed E-state index contributed by atoms with van der Waals surface area (Å²) >= 11 is 0. The molecule has 0 bridgehead atoms. The van der Waals surface area contributed by atoms with E-state index in [0.29, 0.717) is 24.7 Å². The van der Waals surface area contributed by atoms with Crippen molar-refractivity contribution in [3.05, 3.63) is 83.9 Å². The van der Waals surface area contributed by atoms with E-state index in [2.05, 4.69) is 31.2 Å². The Hall–Kier alpha value is -3.27. The molecule has 0 amide bonds. The van der Waals surface area contributed by atoms with Crippen molar-refractivity contribution in [3.8, 4) is 22.6 Å². The standard InChI is InChI=1S/C32H40O4/c1-4-5-6-7-8-9-22-34-30-18-14-27(15-19-30)28-16-20-31(21-17-28)35-24-26-10-12-29(13-11-26)32(33)36-23-25(2)3/h10-21,25H,4-9,22-24H2,1-3H3. The Balaban J connectivity index is 1.42. The van der Waals surface area contributed by atoms with Gasteiger partial charge in [0, 0.05) is 0 Å². The number of esters is 1. The molecule has 0 heterocycles. The molecule has 0 radical (unpaired) electrons. The van der Waals surface area contributed by atoms with Gasteiger partial charge >= 0.3 is 5.97 Å². The van der Waals surface area contributed by atoms with Gasteiger partial charge in [0.25, 0.3) is 0 Å². The lowest BCUT2D eigenvalue weighted by molar-refractivity contribution is 0.0459. The van der Waals surface area contributed by atoms with Gasteiger partial charge in [0.2, 0.25) is 0 Å². The van der Waals surface area contributed by atoms with Gasteiger partial charge in [-0.05, 0) is 65.4 Å². The maximum atomic E-state index is 12.0. The minimum Gasteiger partial charge on any atom is -0.494 e. The monoisotopic (exact) mass is 488 g/mol. The van der Waals surface area contributed by atoms with Crippen LogP contribution in [0.3, 0.4) is 0 Å². The lowest BCUT2D eigenvalue weighted by atomic mass is 10.1. The fraction of sp³-hybridized carbons (Fsp3) is 0.406. The number of carbonyl (C=O) groups is 1. The minimum atomic E-state index is -0.288. The van der Waals surface area contributed by atoms with Gasteiger partial charge in [-0.3, -0.25) is 0 Å². The summed E-state index contributed by atoms with van der Waals surface area (Å²) in [6, 6.07) is 23.7. The largest absolute Gasteiger partial charge is 0.494 e. The molecule has 192 valence electrons. The minimum absolute atomic E-state index is 0.288. The van der Waals surface area contributed by atoms with Crippen LogP contribution in [0.1, 0.15) is 75.2 Å². The summed E-state index contributed by atoms with van der Waals surface area (Å²) < 4.78 is 17.1. The van der Waals surface area contributed by atoms with Crippen molar-refractivity contribution >= 4 is 5.97 Å². The van der Waals surface area contributed by atoms with Crippen LogP contribution in [0.4, 0.5) is 0 Å². The number of rotatable bonds is 15. The SMILES string of the molecule is CCCCCCCCOc1ccc(-c2ccc(OCc3ccc(C(=O)OCC(C)C)cc3)cc2)cc1. The fourth-order valence-electron chi connectivity index (χ4n) is 3.79. The molecule has 0 fully saturated rings. The Morgan fingerprint density at radius 1 is 0.694 bits per heavy atom. The summed E-state index contributed by atoms with van der Waals surface area (Å²) in [7, 11) is 0. The first-order valence-corrected chi connectivity index (χ1v) is 13.3. The Morgan fingerprint density at radius 2 is 1.25 bits per heavy atom. The quantitative estimate of drug-likeness (QED) is 0.159. The molecular formula is C32H40O4. The predicted molar refractivity (Wildman–Crippen MR) is 147 cm³/mol. The first kappa shape index (κ1) is 27.3. The average molecular weight is 489 g/mol. The van der Waals surface area contributed by atoms with Crippen LogP contribution in [0.5, 0.6) is 11.5 Å². The Morgan fingerprint density at radius 3 is 1.83 bits per heavy atom. The Labute approximate surface area is 216 Å². The lowest BCUT2D eigenvalue weighted by Crippen LogP contribution is -2.10. The topological polar surface area (TPSA) is 44.8 Å². The second-order valence-corrected chi connectivity index (χ2v) is 9.64. The molecule has 0 N–H and O–H groups in total. The van der Waals surface area contributed by atoms with Crippen LogP contribution >= 0.6 is 0 Å². The van der Waals surface area contributed by atoms with Gasteiger partial charge in [-0.2, -0.15) is 0 Å². The third kappa shape index (κ3) is 9.41. The first-order chi connectivity index (χ1) is 17.5. The highest BCUT2D eigenvalue weighted by molar-refractivity contribution is 5.89. The van der Waals surface area contributed by atoms with Crippen molar-refractivity contribution in [2.75, 3.05) is 13.2 Å². The smallest absolute Gasteiger partial charge is 0.338 e. The van der Waals surface area contributed by atoms with Gasteiger partial charge in [-0.1, -0.05) is 89.3 Å². The van der Waals surface area contributed by atoms with Gasteiger partial charge in [-0.25, -0.2) is 4.79 Å². The van der Waals surface area contributed by atoms with Crippen LogP contribution < -0.4 is 9.47 Å². The molecule has 0 aromatic heterocycles. The van der Waals surface area contributed by atoms with Crippen LogP contribution in [-0.2, 0) is 11.3 Å². The maximum absolute atomic E-state index is 12.0. The molecule has 0 aliphatic carbocycles. The van der Waals surface area contributed by atoms with Crippen molar-refractivity contribution in [1.82, 2.24) is 0 Å². The molecule has 4 nitrogen and oxygen atoms in total. The van der Waals surface area contributed by atoms with E-state index in [0.717, 1.165) is 41.2 Å². The van der Waals surface area contributed by atoms with E-state index < -0.39 is 0 Å². The molecule has 0 aliphatic rings. The van der Waals surface area contributed by atoms with Crippen LogP contribution in [0.15, 0.2) is 72.8 Å². The molecule has 0 aliphatic heterocycles. The van der Waals surface area contributed by atoms with E-state index in [4.69, 9.17) is 14.2 Å². The summed E-state index contributed by atoms with van der Waals surface area (Å²) in [5.41, 5.74) is 3.83. The summed E-state index contributed by atoms with van der Waals surface area (Å²) in [5, 5.41) is 0. The molecule has 0 spiro atoms. The zero-order chi connectivity index (χ0) is 25.6. The normalized spacial score (nSPS) is 10.9. The zero-order valence-corrected chi connectivity index (χ0v) is 22.0. The average Bonchev–Trinajstić information content (AvgIpc) is 2.91. The van der Waals surface area contributed by atoms with E-state index in [1.165, 1.54) is 32.1 Å². The fourth-order valence-corrected chi connectivity index (χ4v) is 3.79. The number of ether oxygens (including phenoxy) is 3. The highest BCUT2D eigenvalue weighted by atomic mass is 16.5. The van der Waals surface area contributed by atoms with Gasteiger partial charge < -0.3 is 14.2 Å². The molecule has 4 heteroatoms. The number of benzene rings is 3. The predicted octanol–water partition coefficient (Wildman–Crippen LogP) is 8.48. The molecule has 0 unspecified atom stereocenters. The molecule has 3 rings (SSSR count). The van der Waals surface area contributed by atoms with Gasteiger partial charge in [0.15, 0.2) is 0 Å². The second kappa shape index (κ2) is 15.0. The summed E-state index contributed by atoms with van der Waals surface area (Å²) in [6.07, 6.45) is 7.61. The lowest BCUT2D eigenvalue weighted by Gasteiger charge is -2.10. The first-order valence-electron chi connectivity index (χ1n) is 13.3. The van der Waals surface area contributed by atoms with Crippen molar-refractivity contribution in [2.24, 2.45) is 5.92 Å². The molecule has 0 saturated carbocycles. The summed E-state index contributed by atoms with van der Waals surface area (Å²) in [5.74, 6) is 1.76. The Bertz CT molecular complexity index is 1020. The van der Waals surface area contributed by atoms with E-state index in [9.17, 15) is 4.79 Å². The van der Waals surface area contributed by atoms with Crippen LogP contribution in [0.2, 0.25) is 0 Å². The summed E-state index contributed by atoms with van der Waals surface area (Å²) in [6.45, 7) is 7.92. The highest BCUT2D eigenvalue weighted by Gasteiger charge is 2.08. The van der Waals surface area contributed by atoms with Crippen molar-refractivity contribution in [2.45, 2.75) is 65.9 Å².